The fourth-order valence-electron chi connectivity index (χ4n) is 6.62. The summed E-state index contributed by atoms with van der Waals surface area (Å²) in [5.74, 6) is -0.381. The predicted octanol–water partition coefficient (Wildman–Crippen LogP) is 7.70. The van der Waals surface area contributed by atoms with Crippen LogP contribution in [0.15, 0.2) is 36.4 Å². The molecule has 0 bridgehead atoms. The van der Waals surface area contributed by atoms with E-state index in [2.05, 4.69) is 58.0 Å². The maximum absolute atomic E-state index is 11.8. The Labute approximate surface area is 219 Å². The van der Waals surface area contributed by atoms with Gasteiger partial charge < -0.3 is 20.0 Å². The van der Waals surface area contributed by atoms with E-state index in [1.165, 1.54) is 64.6 Å². The largest absolute Gasteiger partial charge is 0.478 e. The zero-order chi connectivity index (χ0) is 25.3. The van der Waals surface area contributed by atoms with Crippen molar-refractivity contribution < 1.29 is 9.90 Å². The molecule has 0 unspecified atom stereocenters. The monoisotopic (exact) mass is 510 g/mol. The Kier molecular flexibility index (Phi) is 5.18. The number of rotatable bonds is 3. The molecule has 0 amide bonds. The molecule has 1 aliphatic carbocycles. The van der Waals surface area contributed by atoms with Gasteiger partial charge in [0.2, 0.25) is 0 Å². The number of carboxylic acids is 1. The SMILES string of the molecule is Cc1nc(C)c(-c2cc3c4c(ccc3[nH]2)-c2c(C3CCCCC3)c3ccc(C(=O)O)cc3n2CCN4)s1. The number of aromatic carboxylic acids is 1. The molecular weight excluding hydrogens is 480 g/mol. The standard InChI is InChI=1S/C30H30N4O2S/c1-16-29(37-17(2)32-16)24-15-22-23(33-24)11-10-21-27(22)31-12-13-34-25-14-19(30(35)36)8-9-20(25)26(28(21)34)18-6-4-3-5-7-18/h8-11,14-15,18,31,33H,3-7,12-13H2,1-2H3,(H,35,36). The highest BCUT2D eigenvalue weighted by Crippen LogP contribution is 2.48. The molecule has 3 aromatic heterocycles. The van der Waals surface area contributed by atoms with Crippen LogP contribution in [-0.4, -0.2) is 32.2 Å². The Hall–Kier alpha value is -3.58. The summed E-state index contributed by atoms with van der Waals surface area (Å²) in [5.41, 5.74) is 9.70. The lowest BCUT2D eigenvalue weighted by molar-refractivity contribution is 0.0697. The quantitative estimate of drug-likeness (QED) is 0.232. The third-order valence-electron chi connectivity index (χ3n) is 8.21. The van der Waals surface area contributed by atoms with E-state index in [1.807, 2.05) is 6.07 Å². The van der Waals surface area contributed by atoms with Crippen molar-refractivity contribution >= 4 is 44.8 Å². The predicted molar refractivity (Wildman–Crippen MR) is 151 cm³/mol. The minimum Gasteiger partial charge on any atom is -0.478 e. The second-order valence-corrected chi connectivity index (χ2v) is 11.7. The van der Waals surface area contributed by atoms with Gasteiger partial charge in [-0.25, -0.2) is 9.78 Å². The van der Waals surface area contributed by atoms with E-state index in [0.717, 1.165) is 46.2 Å². The number of nitrogens with zero attached hydrogens (tertiary/aromatic N) is 2. The number of carboxylic acid groups (broad SMARTS) is 1. The Bertz CT molecular complexity index is 1700. The summed E-state index contributed by atoms with van der Waals surface area (Å²) in [5, 5.41) is 17.0. The topological polar surface area (TPSA) is 82.9 Å². The van der Waals surface area contributed by atoms with Crippen molar-refractivity contribution in [2.75, 3.05) is 11.9 Å². The van der Waals surface area contributed by atoms with Gasteiger partial charge in [0.15, 0.2) is 0 Å². The van der Waals surface area contributed by atoms with Crippen molar-refractivity contribution in [2.24, 2.45) is 0 Å². The van der Waals surface area contributed by atoms with Crippen molar-refractivity contribution in [1.29, 1.82) is 0 Å². The molecule has 0 atom stereocenters. The molecule has 6 nitrogen and oxygen atoms in total. The van der Waals surface area contributed by atoms with Crippen molar-refractivity contribution in [3.05, 3.63) is 58.2 Å². The minimum atomic E-state index is -0.876. The van der Waals surface area contributed by atoms with Crippen molar-refractivity contribution in [1.82, 2.24) is 14.5 Å². The smallest absolute Gasteiger partial charge is 0.335 e. The van der Waals surface area contributed by atoms with E-state index in [9.17, 15) is 9.90 Å². The number of benzene rings is 2. The number of aryl methyl sites for hydroxylation is 2. The molecule has 7 rings (SSSR count). The zero-order valence-corrected chi connectivity index (χ0v) is 22.0. The first kappa shape index (κ1) is 22.6. The molecule has 3 N–H and O–H groups in total. The van der Waals surface area contributed by atoms with Gasteiger partial charge in [0.1, 0.15) is 0 Å². The maximum atomic E-state index is 11.8. The first-order valence-electron chi connectivity index (χ1n) is 13.2. The number of aromatic amines is 1. The molecule has 2 aromatic carbocycles. The van der Waals surface area contributed by atoms with Crippen molar-refractivity contribution in [3.8, 4) is 21.8 Å². The fraction of sp³-hybridized carbons (Fsp3) is 0.333. The molecule has 0 radical (unpaired) electrons. The molecule has 0 spiro atoms. The van der Waals surface area contributed by atoms with Gasteiger partial charge in [-0.15, -0.1) is 11.3 Å². The van der Waals surface area contributed by atoms with E-state index in [1.54, 1.807) is 17.4 Å². The number of carbonyl (C=O) groups is 1. The summed E-state index contributed by atoms with van der Waals surface area (Å²) in [4.78, 5) is 21.3. The average Bonchev–Trinajstić information content (AvgIpc) is 3.53. The third kappa shape index (κ3) is 3.51. The lowest BCUT2D eigenvalue weighted by Gasteiger charge is -2.24. The summed E-state index contributed by atoms with van der Waals surface area (Å²) in [6, 6.07) is 12.4. The molecule has 1 aliphatic heterocycles. The lowest BCUT2D eigenvalue weighted by atomic mass is 9.81. The number of anilines is 1. The molecule has 2 aliphatic rings. The summed E-state index contributed by atoms with van der Waals surface area (Å²) in [6.07, 6.45) is 6.19. The van der Waals surface area contributed by atoms with Crippen LogP contribution in [0.25, 0.3) is 43.6 Å². The Morgan fingerprint density at radius 2 is 1.92 bits per heavy atom. The number of hydrogen-bond donors (Lipinski definition) is 3. The zero-order valence-electron chi connectivity index (χ0n) is 21.1. The first-order valence-corrected chi connectivity index (χ1v) is 14.0. The normalized spacial score (nSPS) is 15.9. The number of fused-ring (bicyclic) bond motifs is 7. The van der Waals surface area contributed by atoms with Crippen LogP contribution in [0, 0.1) is 13.8 Å². The fourth-order valence-corrected chi connectivity index (χ4v) is 7.52. The molecule has 4 heterocycles. The van der Waals surface area contributed by atoms with Crippen molar-refractivity contribution in [2.45, 2.75) is 58.4 Å². The second kappa shape index (κ2) is 8.48. The van der Waals surface area contributed by atoms with Crippen LogP contribution in [0.5, 0.6) is 0 Å². The number of H-pyrrole nitrogens is 1. The van der Waals surface area contributed by atoms with E-state index < -0.39 is 5.97 Å². The highest BCUT2D eigenvalue weighted by molar-refractivity contribution is 7.15. The van der Waals surface area contributed by atoms with Gasteiger partial charge in [-0.05, 0) is 68.5 Å². The number of thiazole rings is 1. The van der Waals surface area contributed by atoms with Crippen LogP contribution >= 0.6 is 11.3 Å². The van der Waals surface area contributed by atoms with Gasteiger partial charge in [0.25, 0.3) is 0 Å². The molecule has 1 fully saturated rings. The van der Waals surface area contributed by atoms with Crippen LogP contribution < -0.4 is 5.32 Å². The van der Waals surface area contributed by atoms with E-state index in [0.29, 0.717) is 11.5 Å². The van der Waals surface area contributed by atoms with E-state index >= 15 is 0 Å². The second-order valence-electron chi connectivity index (χ2n) is 10.5. The maximum Gasteiger partial charge on any atom is 0.335 e. The van der Waals surface area contributed by atoms with E-state index in [4.69, 9.17) is 0 Å². The first-order chi connectivity index (χ1) is 18.0. The van der Waals surface area contributed by atoms with E-state index in [-0.39, 0.29) is 0 Å². The lowest BCUT2D eigenvalue weighted by Crippen LogP contribution is -2.08. The summed E-state index contributed by atoms with van der Waals surface area (Å²) >= 11 is 1.73. The number of hydrogen-bond acceptors (Lipinski definition) is 4. The Morgan fingerprint density at radius 3 is 2.68 bits per heavy atom. The van der Waals surface area contributed by atoms with Gasteiger partial charge in [-0.1, -0.05) is 25.3 Å². The van der Waals surface area contributed by atoms with Crippen LogP contribution in [0.4, 0.5) is 5.69 Å². The molecule has 188 valence electrons. The van der Waals surface area contributed by atoms with Crippen LogP contribution in [0.1, 0.15) is 64.6 Å². The molecular formula is C30H30N4O2S. The van der Waals surface area contributed by atoms with Crippen LogP contribution in [0.3, 0.4) is 0 Å². The highest BCUT2D eigenvalue weighted by Gasteiger charge is 2.30. The number of nitrogens with one attached hydrogen (secondary N) is 2. The van der Waals surface area contributed by atoms with Gasteiger partial charge >= 0.3 is 5.97 Å². The van der Waals surface area contributed by atoms with Gasteiger partial charge in [0, 0.05) is 40.5 Å². The summed E-state index contributed by atoms with van der Waals surface area (Å²) in [6.45, 7) is 5.70. The van der Waals surface area contributed by atoms with Crippen molar-refractivity contribution in [3.63, 3.8) is 0 Å². The Balaban J connectivity index is 1.49. The van der Waals surface area contributed by atoms with Gasteiger partial charge in [-0.3, -0.25) is 0 Å². The third-order valence-corrected chi connectivity index (χ3v) is 9.31. The summed E-state index contributed by atoms with van der Waals surface area (Å²) < 4.78 is 2.38. The van der Waals surface area contributed by atoms with Crippen LogP contribution in [-0.2, 0) is 6.54 Å². The minimum absolute atomic E-state index is 0.348. The van der Waals surface area contributed by atoms with Crippen LogP contribution in [0.2, 0.25) is 0 Å². The highest BCUT2D eigenvalue weighted by atomic mass is 32.1. The summed E-state index contributed by atoms with van der Waals surface area (Å²) in [7, 11) is 0. The molecule has 7 heteroatoms. The number of aromatic nitrogens is 3. The Morgan fingerprint density at radius 1 is 1.08 bits per heavy atom. The molecule has 5 aromatic rings. The molecule has 37 heavy (non-hydrogen) atoms. The van der Waals surface area contributed by atoms with Gasteiger partial charge in [-0.2, -0.15) is 0 Å². The van der Waals surface area contributed by atoms with Gasteiger partial charge in [0.05, 0.1) is 38.2 Å². The average molecular weight is 511 g/mol. The molecule has 1 saturated carbocycles. The molecule has 0 saturated heterocycles.